The fourth-order valence-corrected chi connectivity index (χ4v) is 4.46. The first-order valence-corrected chi connectivity index (χ1v) is 11.7. The van der Waals surface area contributed by atoms with Crippen molar-refractivity contribution >= 4 is 28.2 Å². The molecule has 1 N–H and O–H groups in total. The van der Waals surface area contributed by atoms with Crippen LogP contribution in [0.1, 0.15) is 53.0 Å². The molecule has 7 nitrogen and oxygen atoms in total. The standard InChI is InChI=1S/C26H29NO6S/c1-7-33-26(29)22-19(17-10-8-16(9-11-17)15(2)3)14-34-25(22)27-24(28)18-12-20(30-4)23(32-6)21(13-18)31-5/h8-15H,7H2,1-6H3,(H,27,28). The maximum atomic E-state index is 13.1. The Morgan fingerprint density at radius 3 is 2.09 bits per heavy atom. The van der Waals surface area contributed by atoms with E-state index in [9.17, 15) is 9.59 Å². The summed E-state index contributed by atoms with van der Waals surface area (Å²) in [4.78, 5) is 26.0. The number of carbonyl (C=O) groups is 2. The highest BCUT2D eigenvalue weighted by Gasteiger charge is 2.24. The first-order chi connectivity index (χ1) is 16.3. The lowest BCUT2D eigenvalue weighted by Crippen LogP contribution is -2.15. The normalized spacial score (nSPS) is 10.7. The molecule has 3 aromatic rings. The summed E-state index contributed by atoms with van der Waals surface area (Å²) in [5.41, 5.74) is 3.40. The lowest BCUT2D eigenvalue weighted by atomic mass is 9.98. The molecule has 0 saturated carbocycles. The van der Waals surface area contributed by atoms with Crippen LogP contribution in [-0.4, -0.2) is 39.8 Å². The molecule has 2 aromatic carbocycles. The summed E-state index contributed by atoms with van der Waals surface area (Å²) in [5, 5.41) is 5.10. The molecule has 0 aliphatic heterocycles. The number of carbonyl (C=O) groups excluding carboxylic acids is 2. The average Bonchev–Trinajstić information content (AvgIpc) is 3.26. The number of amides is 1. The van der Waals surface area contributed by atoms with Crippen LogP contribution in [0.3, 0.4) is 0 Å². The summed E-state index contributed by atoms with van der Waals surface area (Å²) >= 11 is 1.27. The molecule has 0 aliphatic carbocycles. The molecule has 0 atom stereocenters. The highest BCUT2D eigenvalue weighted by atomic mass is 32.1. The molecule has 34 heavy (non-hydrogen) atoms. The molecule has 0 spiro atoms. The van der Waals surface area contributed by atoms with E-state index in [0.29, 0.717) is 44.9 Å². The second kappa shape index (κ2) is 11.1. The molecule has 180 valence electrons. The lowest BCUT2D eigenvalue weighted by molar-refractivity contribution is 0.0529. The minimum atomic E-state index is -0.494. The number of ether oxygens (including phenoxy) is 4. The second-order valence-corrected chi connectivity index (χ2v) is 8.60. The van der Waals surface area contributed by atoms with Crippen LogP contribution in [0.2, 0.25) is 0 Å². The van der Waals surface area contributed by atoms with Gasteiger partial charge < -0.3 is 24.3 Å². The third kappa shape index (κ3) is 5.17. The number of rotatable bonds is 9. The van der Waals surface area contributed by atoms with Crippen molar-refractivity contribution in [3.8, 4) is 28.4 Å². The van der Waals surface area contributed by atoms with E-state index in [-0.39, 0.29) is 6.61 Å². The summed E-state index contributed by atoms with van der Waals surface area (Å²) in [7, 11) is 4.45. The van der Waals surface area contributed by atoms with Crippen LogP contribution in [0.15, 0.2) is 41.8 Å². The largest absolute Gasteiger partial charge is 0.493 e. The Balaban J connectivity index is 2.00. The minimum Gasteiger partial charge on any atom is -0.493 e. The van der Waals surface area contributed by atoms with Gasteiger partial charge in [-0.15, -0.1) is 11.3 Å². The monoisotopic (exact) mass is 483 g/mol. The summed E-state index contributed by atoms with van der Waals surface area (Å²) in [6, 6.07) is 11.1. The van der Waals surface area contributed by atoms with Gasteiger partial charge in [0.05, 0.1) is 27.9 Å². The number of esters is 1. The van der Waals surface area contributed by atoms with Crippen LogP contribution in [0.5, 0.6) is 17.2 Å². The summed E-state index contributed by atoms with van der Waals surface area (Å²) in [6.07, 6.45) is 0. The van der Waals surface area contributed by atoms with Crippen LogP contribution < -0.4 is 19.5 Å². The van der Waals surface area contributed by atoms with Crippen molar-refractivity contribution < 1.29 is 28.5 Å². The Morgan fingerprint density at radius 2 is 1.59 bits per heavy atom. The third-order valence-electron chi connectivity index (χ3n) is 5.31. The van der Waals surface area contributed by atoms with Crippen molar-refractivity contribution in [3.05, 3.63) is 58.5 Å². The van der Waals surface area contributed by atoms with Crippen LogP contribution in [-0.2, 0) is 4.74 Å². The van der Waals surface area contributed by atoms with Crippen LogP contribution in [0.4, 0.5) is 5.00 Å². The Kier molecular flexibility index (Phi) is 8.17. The van der Waals surface area contributed by atoms with E-state index in [1.165, 1.54) is 38.2 Å². The van der Waals surface area contributed by atoms with Gasteiger partial charge in [-0.25, -0.2) is 4.79 Å². The van der Waals surface area contributed by atoms with Gasteiger partial charge in [0, 0.05) is 16.5 Å². The Morgan fingerprint density at radius 1 is 0.971 bits per heavy atom. The van der Waals surface area contributed by atoms with Crippen molar-refractivity contribution in [1.29, 1.82) is 0 Å². The Labute approximate surface area is 203 Å². The molecule has 0 radical (unpaired) electrons. The lowest BCUT2D eigenvalue weighted by Gasteiger charge is -2.14. The van der Waals surface area contributed by atoms with Crippen molar-refractivity contribution in [3.63, 3.8) is 0 Å². The molecule has 3 rings (SSSR count). The number of thiophene rings is 1. The van der Waals surface area contributed by atoms with Crippen molar-refractivity contribution in [2.45, 2.75) is 26.7 Å². The third-order valence-corrected chi connectivity index (χ3v) is 6.21. The molecule has 0 unspecified atom stereocenters. The smallest absolute Gasteiger partial charge is 0.341 e. The number of methoxy groups -OCH3 is 3. The number of nitrogens with one attached hydrogen (secondary N) is 1. The van der Waals surface area contributed by atoms with E-state index < -0.39 is 11.9 Å². The molecule has 0 fully saturated rings. The number of anilines is 1. The van der Waals surface area contributed by atoms with Gasteiger partial charge in [0.15, 0.2) is 11.5 Å². The van der Waals surface area contributed by atoms with E-state index in [2.05, 4.69) is 19.2 Å². The van der Waals surface area contributed by atoms with E-state index in [1.54, 1.807) is 19.1 Å². The van der Waals surface area contributed by atoms with Crippen LogP contribution in [0, 0.1) is 0 Å². The molecule has 1 aromatic heterocycles. The summed E-state index contributed by atoms with van der Waals surface area (Å²) in [6.45, 7) is 6.22. The molecule has 0 aliphatic rings. The van der Waals surface area contributed by atoms with Crippen LogP contribution >= 0.6 is 11.3 Å². The zero-order chi connectivity index (χ0) is 24.8. The predicted octanol–water partition coefficient (Wildman–Crippen LogP) is 5.99. The maximum Gasteiger partial charge on any atom is 0.341 e. The zero-order valence-electron chi connectivity index (χ0n) is 20.2. The number of hydrogen-bond acceptors (Lipinski definition) is 7. The van der Waals surface area contributed by atoms with Crippen molar-refractivity contribution in [2.24, 2.45) is 0 Å². The van der Waals surface area contributed by atoms with Gasteiger partial charge in [0.2, 0.25) is 5.75 Å². The Bertz CT molecular complexity index is 1140. The first-order valence-electron chi connectivity index (χ1n) is 10.8. The predicted molar refractivity (Wildman–Crippen MR) is 134 cm³/mol. The highest BCUT2D eigenvalue weighted by Crippen LogP contribution is 2.40. The van der Waals surface area contributed by atoms with Gasteiger partial charge in [-0.1, -0.05) is 38.1 Å². The van der Waals surface area contributed by atoms with E-state index in [1.807, 2.05) is 29.6 Å². The molecular formula is C26H29NO6S. The number of hydrogen-bond donors (Lipinski definition) is 1. The summed E-state index contributed by atoms with van der Waals surface area (Å²) < 4.78 is 21.3. The second-order valence-electron chi connectivity index (χ2n) is 7.72. The zero-order valence-corrected chi connectivity index (χ0v) is 21.0. The molecular weight excluding hydrogens is 454 g/mol. The Hall–Kier alpha value is -3.52. The maximum absolute atomic E-state index is 13.1. The fourth-order valence-electron chi connectivity index (χ4n) is 3.50. The molecule has 0 bridgehead atoms. The SMILES string of the molecule is CCOC(=O)c1c(-c2ccc(C(C)C)cc2)csc1NC(=O)c1cc(OC)c(OC)c(OC)c1. The van der Waals surface area contributed by atoms with Gasteiger partial charge in [0.25, 0.3) is 5.91 Å². The van der Waals surface area contributed by atoms with E-state index >= 15 is 0 Å². The van der Waals surface area contributed by atoms with E-state index in [0.717, 1.165) is 5.56 Å². The molecule has 1 heterocycles. The molecule has 1 amide bonds. The minimum absolute atomic E-state index is 0.223. The van der Waals surface area contributed by atoms with Crippen molar-refractivity contribution in [1.82, 2.24) is 0 Å². The van der Waals surface area contributed by atoms with Gasteiger partial charge in [-0.2, -0.15) is 0 Å². The van der Waals surface area contributed by atoms with Gasteiger partial charge >= 0.3 is 5.97 Å². The van der Waals surface area contributed by atoms with Gasteiger partial charge in [-0.3, -0.25) is 4.79 Å². The van der Waals surface area contributed by atoms with Gasteiger partial charge in [0.1, 0.15) is 10.6 Å². The van der Waals surface area contributed by atoms with Crippen LogP contribution in [0.25, 0.3) is 11.1 Å². The quantitative estimate of drug-likeness (QED) is 0.376. The fraction of sp³-hybridized carbons (Fsp3) is 0.308. The average molecular weight is 484 g/mol. The highest BCUT2D eigenvalue weighted by molar-refractivity contribution is 7.15. The van der Waals surface area contributed by atoms with Gasteiger partial charge in [-0.05, 0) is 36.1 Å². The van der Waals surface area contributed by atoms with E-state index in [4.69, 9.17) is 18.9 Å². The number of benzene rings is 2. The van der Waals surface area contributed by atoms with Crippen molar-refractivity contribution in [2.75, 3.05) is 33.3 Å². The molecule has 0 saturated heterocycles. The topological polar surface area (TPSA) is 83.1 Å². The summed E-state index contributed by atoms with van der Waals surface area (Å²) in [5.74, 6) is 0.580. The first kappa shape index (κ1) is 25.1. The molecule has 8 heteroatoms.